The van der Waals surface area contributed by atoms with E-state index in [9.17, 15) is 4.79 Å². The zero-order valence-electron chi connectivity index (χ0n) is 12.3. The zero-order chi connectivity index (χ0) is 14.8. The van der Waals surface area contributed by atoms with Crippen molar-refractivity contribution in [3.05, 3.63) is 83.4 Å². The molecule has 0 bridgehead atoms. The smallest absolute Gasteiger partial charge is 0.170 e. The van der Waals surface area contributed by atoms with Gasteiger partial charge in [0.2, 0.25) is 0 Å². The molecule has 0 aromatic heterocycles. The van der Waals surface area contributed by atoms with Gasteiger partial charge in [0.1, 0.15) is 0 Å². The molecule has 0 radical (unpaired) electrons. The average Bonchev–Trinajstić information content (AvgIpc) is 2.54. The number of aryl methyl sites for hydroxylation is 1. The Labute approximate surface area is 125 Å². The first kappa shape index (κ1) is 13.6. The molecule has 0 aliphatic carbocycles. The van der Waals surface area contributed by atoms with Crippen LogP contribution >= 0.6 is 0 Å². The largest absolute Gasteiger partial charge is 0.293 e. The maximum atomic E-state index is 13.0. The number of carbonyl (C=O) groups is 1. The number of hydrogen-bond donors (Lipinski definition) is 0. The van der Waals surface area contributed by atoms with Crippen LogP contribution < -0.4 is 0 Å². The molecule has 1 atom stereocenters. The molecule has 21 heavy (non-hydrogen) atoms. The molecule has 1 nitrogen and oxygen atoms in total. The summed E-state index contributed by atoms with van der Waals surface area (Å²) < 4.78 is 0. The number of fused-ring (bicyclic) bond motifs is 1. The molecule has 1 heteroatoms. The van der Waals surface area contributed by atoms with Gasteiger partial charge in [-0.3, -0.25) is 4.79 Å². The van der Waals surface area contributed by atoms with Crippen LogP contribution in [0.4, 0.5) is 0 Å². The predicted octanol–water partition coefficient (Wildman–Crippen LogP) is 5.13. The average molecular weight is 274 g/mol. The summed E-state index contributed by atoms with van der Waals surface area (Å²) >= 11 is 0. The van der Waals surface area contributed by atoms with E-state index in [1.807, 2.05) is 68.4 Å². The highest BCUT2D eigenvalue weighted by Crippen LogP contribution is 2.28. The van der Waals surface area contributed by atoms with Gasteiger partial charge in [-0.2, -0.15) is 0 Å². The molecule has 0 heterocycles. The van der Waals surface area contributed by atoms with Crippen LogP contribution in [0.3, 0.4) is 0 Å². The van der Waals surface area contributed by atoms with E-state index in [4.69, 9.17) is 0 Å². The van der Waals surface area contributed by atoms with Gasteiger partial charge in [-0.1, -0.05) is 73.7 Å². The molecule has 104 valence electrons. The summed E-state index contributed by atoms with van der Waals surface area (Å²) in [6.07, 6.45) is 0. The first-order valence-corrected chi connectivity index (χ1v) is 7.26. The number of ketones is 1. The number of Topliss-reactive ketones (excluding diaryl/α,β-unsaturated/α-hetero) is 1. The molecule has 3 rings (SSSR count). The van der Waals surface area contributed by atoms with E-state index >= 15 is 0 Å². The van der Waals surface area contributed by atoms with Crippen molar-refractivity contribution in [3.63, 3.8) is 0 Å². The summed E-state index contributed by atoms with van der Waals surface area (Å²) in [4.78, 5) is 13.0. The van der Waals surface area contributed by atoms with Gasteiger partial charge in [0.05, 0.1) is 0 Å². The molecule has 0 saturated carbocycles. The number of carbonyl (C=O) groups excluding carboxylic acids is 1. The van der Waals surface area contributed by atoms with Gasteiger partial charge in [-0.05, 0) is 28.8 Å². The molecule has 0 N–H and O–H groups in total. The van der Waals surface area contributed by atoms with Crippen molar-refractivity contribution in [1.82, 2.24) is 0 Å². The van der Waals surface area contributed by atoms with Gasteiger partial charge in [0, 0.05) is 11.5 Å². The molecule has 0 spiro atoms. The van der Waals surface area contributed by atoms with E-state index < -0.39 is 0 Å². The summed E-state index contributed by atoms with van der Waals surface area (Å²) in [6.45, 7) is 4.00. The molecule has 0 amide bonds. The van der Waals surface area contributed by atoms with Gasteiger partial charge in [-0.15, -0.1) is 0 Å². The lowest BCUT2D eigenvalue weighted by atomic mass is 9.87. The Bertz CT molecular complexity index is 787. The Morgan fingerprint density at radius 2 is 1.52 bits per heavy atom. The monoisotopic (exact) mass is 274 g/mol. The summed E-state index contributed by atoms with van der Waals surface area (Å²) in [6, 6.07) is 22.2. The lowest BCUT2D eigenvalue weighted by Gasteiger charge is -2.15. The summed E-state index contributed by atoms with van der Waals surface area (Å²) in [5, 5.41) is 2.16. The molecule has 0 aliphatic heterocycles. The van der Waals surface area contributed by atoms with Gasteiger partial charge in [0.25, 0.3) is 0 Å². The first-order chi connectivity index (χ1) is 10.2. The van der Waals surface area contributed by atoms with Crippen LogP contribution in [-0.4, -0.2) is 5.78 Å². The van der Waals surface area contributed by atoms with E-state index in [-0.39, 0.29) is 11.7 Å². The Morgan fingerprint density at radius 3 is 2.29 bits per heavy atom. The fourth-order valence-electron chi connectivity index (χ4n) is 2.82. The Kier molecular flexibility index (Phi) is 3.57. The molecule has 0 fully saturated rings. The molecule has 0 aliphatic rings. The highest BCUT2D eigenvalue weighted by Gasteiger charge is 2.20. The number of rotatable bonds is 3. The van der Waals surface area contributed by atoms with Crippen LogP contribution in [0.2, 0.25) is 0 Å². The fraction of sp³-hybridized carbons (Fsp3) is 0.150. The van der Waals surface area contributed by atoms with Crippen molar-refractivity contribution in [2.45, 2.75) is 19.8 Å². The normalized spacial score (nSPS) is 12.3. The van der Waals surface area contributed by atoms with E-state index in [1.54, 1.807) is 0 Å². The van der Waals surface area contributed by atoms with E-state index in [2.05, 4.69) is 12.1 Å². The second-order valence-corrected chi connectivity index (χ2v) is 5.48. The lowest BCUT2D eigenvalue weighted by molar-refractivity contribution is 0.0967. The van der Waals surface area contributed by atoms with Crippen LogP contribution in [0.5, 0.6) is 0 Å². The van der Waals surface area contributed by atoms with Crippen molar-refractivity contribution >= 4 is 16.6 Å². The van der Waals surface area contributed by atoms with E-state index in [0.29, 0.717) is 0 Å². The van der Waals surface area contributed by atoms with Crippen molar-refractivity contribution in [1.29, 1.82) is 0 Å². The SMILES string of the molecule is Cc1ccc2ccccc2c1C(=O)C(C)c1ccccc1. The standard InChI is InChI=1S/C20H18O/c1-14-12-13-17-10-6-7-11-18(17)19(14)20(21)15(2)16-8-4-3-5-9-16/h3-13,15H,1-2H3. The predicted molar refractivity (Wildman–Crippen MR) is 87.9 cm³/mol. The Morgan fingerprint density at radius 1 is 0.857 bits per heavy atom. The minimum Gasteiger partial charge on any atom is -0.293 e. The molecule has 0 saturated heterocycles. The van der Waals surface area contributed by atoms with Crippen molar-refractivity contribution in [2.24, 2.45) is 0 Å². The molecule has 1 unspecified atom stereocenters. The van der Waals surface area contributed by atoms with E-state index in [1.165, 1.54) is 0 Å². The van der Waals surface area contributed by atoms with Crippen molar-refractivity contribution < 1.29 is 4.79 Å². The maximum absolute atomic E-state index is 13.0. The number of hydrogen-bond acceptors (Lipinski definition) is 1. The van der Waals surface area contributed by atoms with Gasteiger partial charge in [-0.25, -0.2) is 0 Å². The minimum absolute atomic E-state index is 0.129. The third kappa shape index (κ3) is 2.47. The maximum Gasteiger partial charge on any atom is 0.170 e. The minimum atomic E-state index is -0.129. The zero-order valence-corrected chi connectivity index (χ0v) is 12.3. The van der Waals surface area contributed by atoms with E-state index in [0.717, 1.165) is 27.5 Å². The van der Waals surface area contributed by atoms with Crippen molar-refractivity contribution in [3.8, 4) is 0 Å². The van der Waals surface area contributed by atoms with Gasteiger partial charge >= 0.3 is 0 Å². The lowest BCUT2D eigenvalue weighted by Crippen LogP contribution is -2.11. The highest BCUT2D eigenvalue weighted by molar-refractivity contribution is 6.11. The molecular formula is C20H18O. The topological polar surface area (TPSA) is 17.1 Å². The van der Waals surface area contributed by atoms with Crippen molar-refractivity contribution in [2.75, 3.05) is 0 Å². The highest BCUT2D eigenvalue weighted by atomic mass is 16.1. The molecular weight excluding hydrogens is 256 g/mol. The van der Waals surface area contributed by atoms with Crippen LogP contribution in [0.15, 0.2) is 66.7 Å². The van der Waals surface area contributed by atoms with Gasteiger partial charge in [0.15, 0.2) is 5.78 Å². The second kappa shape index (κ2) is 5.53. The second-order valence-electron chi connectivity index (χ2n) is 5.48. The summed E-state index contributed by atoms with van der Waals surface area (Å²) in [5.74, 6) is 0.0613. The molecule has 3 aromatic carbocycles. The van der Waals surface area contributed by atoms with Gasteiger partial charge < -0.3 is 0 Å². The quantitative estimate of drug-likeness (QED) is 0.605. The fourth-order valence-corrected chi connectivity index (χ4v) is 2.82. The third-order valence-electron chi connectivity index (χ3n) is 4.08. The van der Waals surface area contributed by atoms with Crippen LogP contribution in [0.1, 0.15) is 34.3 Å². The summed E-state index contributed by atoms with van der Waals surface area (Å²) in [5.41, 5.74) is 2.96. The first-order valence-electron chi connectivity index (χ1n) is 7.26. The van der Waals surface area contributed by atoms with Crippen LogP contribution in [0.25, 0.3) is 10.8 Å². The Balaban J connectivity index is 2.12. The Hall–Kier alpha value is -2.41. The summed E-state index contributed by atoms with van der Waals surface area (Å²) in [7, 11) is 0. The van der Waals surface area contributed by atoms with Crippen LogP contribution in [-0.2, 0) is 0 Å². The number of benzene rings is 3. The van der Waals surface area contributed by atoms with Crippen LogP contribution in [0, 0.1) is 6.92 Å². The third-order valence-corrected chi connectivity index (χ3v) is 4.08. The molecule has 3 aromatic rings.